The van der Waals surface area contributed by atoms with E-state index >= 15 is 0 Å². The number of carbonyl (C=O) groups excluding carboxylic acids is 2. The summed E-state index contributed by atoms with van der Waals surface area (Å²) in [5.41, 5.74) is 2.00. The van der Waals surface area contributed by atoms with E-state index in [1.54, 1.807) is 4.90 Å². The lowest BCUT2D eigenvalue weighted by molar-refractivity contribution is -0.149. The normalized spacial score (nSPS) is 22.4. The van der Waals surface area contributed by atoms with Crippen LogP contribution in [0.3, 0.4) is 0 Å². The Balaban J connectivity index is 1.95. The summed E-state index contributed by atoms with van der Waals surface area (Å²) < 4.78 is 0. The first kappa shape index (κ1) is 16.0. The van der Waals surface area contributed by atoms with E-state index in [9.17, 15) is 9.59 Å². The van der Waals surface area contributed by atoms with Crippen LogP contribution in [0.25, 0.3) is 0 Å². The molecule has 0 radical (unpaired) electrons. The van der Waals surface area contributed by atoms with Gasteiger partial charge in [0, 0.05) is 19.1 Å². The van der Waals surface area contributed by atoms with Crippen LogP contribution in [0.2, 0.25) is 0 Å². The molecular weight excluding hydrogens is 288 g/mol. The van der Waals surface area contributed by atoms with Crippen molar-refractivity contribution in [1.82, 2.24) is 9.80 Å². The Morgan fingerprint density at radius 1 is 1.17 bits per heavy atom. The standard InChI is InChI=1S/C19H26N2O2/c1-13(2)21-17(22)12-15-6-4-5-7-16(15)18(21)19(23)20-10-8-14(3)9-11-20/h4-7,13-14,18H,8-12H2,1-3H3. The molecule has 2 aliphatic heterocycles. The summed E-state index contributed by atoms with van der Waals surface area (Å²) >= 11 is 0. The summed E-state index contributed by atoms with van der Waals surface area (Å²) in [6.07, 6.45) is 2.50. The van der Waals surface area contributed by atoms with Crippen LogP contribution in [-0.2, 0) is 16.0 Å². The van der Waals surface area contributed by atoms with Crippen molar-refractivity contribution in [2.75, 3.05) is 13.1 Å². The monoisotopic (exact) mass is 314 g/mol. The molecule has 1 saturated heterocycles. The Morgan fingerprint density at radius 3 is 2.48 bits per heavy atom. The van der Waals surface area contributed by atoms with Crippen LogP contribution in [0, 0.1) is 5.92 Å². The third-order valence-corrected chi connectivity index (χ3v) is 5.14. The molecule has 0 aromatic heterocycles. The quantitative estimate of drug-likeness (QED) is 0.842. The van der Waals surface area contributed by atoms with Gasteiger partial charge in [-0.25, -0.2) is 0 Å². The minimum Gasteiger partial charge on any atom is -0.341 e. The zero-order chi connectivity index (χ0) is 16.6. The molecule has 3 rings (SSSR count). The van der Waals surface area contributed by atoms with Crippen molar-refractivity contribution in [2.24, 2.45) is 5.92 Å². The van der Waals surface area contributed by atoms with Gasteiger partial charge in [-0.3, -0.25) is 9.59 Å². The van der Waals surface area contributed by atoms with E-state index in [1.807, 2.05) is 43.0 Å². The molecule has 2 heterocycles. The number of likely N-dealkylation sites (tertiary alicyclic amines) is 1. The Bertz CT molecular complexity index is 603. The first-order valence-electron chi connectivity index (χ1n) is 8.66. The first-order chi connectivity index (χ1) is 11.0. The molecule has 4 heteroatoms. The third-order valence-electron chi connectivity index (χ3n) is 5.14. The van der Waals surface area contributed by atoms with Gasteiger partial charge in [0.25, 0.3) is 0 Å². The molecule has 2 aliphatic rings. The van der Waals surface area contributed by atoms with E-state index in [-0.39, 0.29) is 17.9 Å². The van der Waals surface area contributed by atoms with E-state index in [0.717, 1.165) is 37.1 Å². The van der Waals surface area contributed by atoms with E-state index in [1.165, 1.54) is 0 Å². The first-order valence-corrected chi connectivity index (χ1v) is 8.66. The lowest BCUT2D eigenvalue weighted by atomic mass is 9.89. The van der Waals surface area contributed by atoms with Crippen molar-refractivity contribution in [2.45, 2.75) is 52.1 Å². The zero-order valence-electron chi connectivity index (χ0n) is 14.3. The predicted molar refractivity (Wildman–Crippen MR) is 89.8 cm³/mol. The highest BCUT2D eigenvalue weighted by atomic mass is 16.2. The fourth-order valence-electron chi connectivity index (χ4n) is 3.75. The molecule has 0 bridgehead atoms. The van der Waals surface area contributed by atoms with E-state index < -0.39 is 6.04 Å². The van der Waals surface area contributed by atoms with Crippen LogP contribution in [0.4, 0.5) is 0 Å². The van der Waals surface area contributed by atoms with Crippen molar-refractivity contribution < 1.29 is 9.59 Å². The van der Waals surface area contributed by atoms with Crippen molar-refractivity contribution >= 4 is 11.8 Å². The molecule has 23 heavy (non-hydrogen) atoms. The minimum absolute atomic E-state index is 0.0218. The summed E-state index contributed by atoms with van der Waals surface area (Å²) in [4.78, 5) is 29.6. The molecule has 1 unspecified atom stereocenters. The second kappa shape index (κ2) is 6.34. The van der Waals surface area contributed by atoms with Crippen molar-refractivity contribution in [3.05, 3.63) is 35.4 Å². The second-order valence-corrected chi connectivity index (χ2v) is 7.18. The van der Waals surface area contributed by atoms with E-state index in [2.05, 4.69) is 6.92 Å². The molecule has 1 aromatic rings. The maximum Gasteiger partial charge on any atom is 0.250 e. The van der Waals surface area contributed by atoms with Gasteiger partial charge in [-0.05, 0) is 43.7 Å². The topological polar surface area (TPSA) is 40.6 Å². The van der Waals surface area contributed by atoms with Crippen molar-refractivity contribution in [1.29, 1.82) is 0 Å². The number of rotatable bonds is 2. The molecule has 0 spiro atoms. The van der Waals surface area contributed by atoms with Gasteiger partial charge in [0.05, 0.1) is 6.42 Å². The van der Waals surface area contributed by atoms with Gasteiger partial charge >= 0.3 is 0 Å². The molecule has 2 amide bonds. The highest BCUT2D eigenvalue weighted by molar-refractivity contribution is 5.92. The molecule has 0 N–H and O–H groups in total. The van der Waals surface area contributed by atoms with Crippen LogP contribution in [-0.4, -0.2) is 40.7 Å². The third kappa shape index (κ3) is 2.99. The van der Waals surface area contributed by atoms with Crippen molar-refractivity contribution in [3.63, 3.8) is 0 Å². The van der Waals surface area contributed by atoms with Gasteiger partial charge in [-0.1, -0.05) is 31.2 Å². The number of hydrogen-bond donors (Lipinski definition) is 0. The summed E-state index contributed by atoms with van der Waals surface area (Å²) in [7, 11) is 0. The summed E-state index contributed by atoms with van der Waals surface area (Å²) in [6.45, 7) is 7.83. The largest absolute Gasteiger partial charge is 0.341 e. The number of piperidine rings is 1. The van der Waals surface area contributed by atoms with Crippen LogP contribution in [0.5, 0.6) is 0 Å². The number of hydrogen-bond acceptors (Lipinski definition) is 2. The Hall–Kier alpha value is -1.84. The van der Waals surface area contributed by atoms with Crippen molar-refractivity contribution in [3.8, 4) is 0 Å². The van der Waals surface area contributed by atoms with Gasteiger partial charge in [0.2, 0.25) is 11.8 Å². The fraction of sp³-hybridized carbons (Fsp3) is 0.579. The number of nitrogens with zero attached hydrogens (tertiary/aromatic N) is 2. The Labute approximate surface area is 138 Å². The molecule has 1 atom stereocenters. The molecule has 1 fully saturated rings. The number of carbonyl (C=O) groups is 2. The number of fused-ring (bicyclic) bond motifs is 1. The van der Waals surface area contributed by atoms with Gasteiger partial charge in [0.15, 0.2) is 0 Å². The maximum absolute atomic E-state index is 13.2. The van der Waals surface area contributed by atoms with E-state index in [0.29, 0.717) is 12.3 Å². The molecule has 124 valence electrons. The average molecular weight is 314 g/mol. The molecule has 4 nitrogen and oxygen atoms in total. The lowest BCUT2D eigenvalue weighted by Crippen LogP contribution is -2.52. The SMILES string of the molecule is CC1CCN(C(=O)C2c3ccccc3CC(=O)N2C(C)C)CC1. The summed E-state index contributed by atoms with van der Waals surface area (Å²) in [5.74, 6) is 0.828. The molecule has 0 aliphatic carbocycles. The number of amides is 2. The second-order valence-electron chi connectivity index (χ2n) is 7.18. The smallest absolute Gasteiger partial charge is 0.250 e. The van der Waals surface area contributed by atoms with Crippen LogP contribution in [0.1, 0.15) is 50.8 Å². The van der Waals surface area contributed by atoms with Gasteiger partial charge < -0.3 is 9.80 Å². The van der Waals surface area contributed by atoms with Crippen LogP contribution < -0.4 is 0 Å². The average Bonchev–Trinajstić information content (AvgIpc) is 2.53. The van der Waals surface area contributed by atoms with E-state index in [4.69, 9.17) is 0 Å². The van der Waals surface area contributed by atoms with Gasteiger partial charge in [-0.15, -0.1) is 0 Å². The highest BCUT2D eigenvalue weighted by Crippen LogP contribution is 2.34. The van der Waals surface area contributed by atoms with Gasteiger partial charge in [0.1, 0.15) is 6.04 Å². The highest BCUT2D eigenvalue weighted by Gasteiger charge is 2.40. The fourth-order valence-corrected chi connectivity index (χ4v) is 3.75. The van der Waals surface area contributed by atoms with Gasteiger partial charge in [-0.2, -0.15) is 0 Å². The maximum atomic E-state index is 13.2. The summed E-state index contributed by atoms with van der Waals surface area (Å²) in [5, 5.41) is 0. The Morgan fingerprint density at radius 2 is 1.83 bits per heavy atom. The molecule has 1 aromatic carbocycles. The number of benzene rings is 1. The lowest BCUT2D eigenvalue weighted by Gasteiger charge is -2.42. The minimum atomic E-state index is -0.458. The van der Waals surface area contributed by atoms with Crippen LogP contribution in [0.15, 0.2) is 24.3 Å². The summed E-state index contributed by atoms with van der Waals surface area (Å²) in [6, 6.07) is 7.46. The molecule has 0 saturated carbocycles. The molecular formula is C19H26N2O2. The Kier molecular flexibility index (Phi) is 4.42. The zero-order valence-corrected chi connectivity index (χ0v) is 14.3. The predicted octanol–water partition coefficient (Wildman–Crippen LogP) is 2.78. The van der Waals surface area contributed by atoms with Crippen LogP contribution >= 0.6 is 0 Å².